The minimum absolute atomic E-state index is 0.0390. The van der Waals surface area contributed by atoms with E-state index in [0.717, 1.165) is 50.1 Å². The molecule has 1 aromatic heterocycles. The zero-order chi connectivity index (χ0) is 20.8. The molecule has 0 radical (unpaired) electrons. The molecule has 4 aromatic rings. The number of fused-ring (bicyclic) bond motifs is 3. The second-order valence-electron chi connectivity index (χ2n) is 7.54. The average Bonchev–Trinajstić information content (AvgIpc) is 3.03. The van der Waals surface area contributed by atoms with Crippen LogP contribution in [0.5, 0.6) is 0 Å². The topological polar surface area (TPSA) is 47.2 Å². The number of hydrogen-bond donors (Lipinski definition) is 0. The number of aromatic nitrogens is 2. The SMILES string of the molecule is [C-]#[N+]c1ccc(-c2cc3c(cc2C)-c2cc(C)c(-c4cncnc4)cc2C3=O)cc1. The molecule has 30 heavy (non-hydrogen) atoms. The van der Waals surface area contributed by atoms with Gasteiger partial charge >= 0.3 is 0 Å². The van der Waals surface area contributed by atoms with Crippen LogP contribution < -0.4 is 0 Å². The lowest BCUT2D eigenvalue weighted by atomic mass is 9.93. The number of nitrogens with zero attached hydrogens (tertiary/aromatic N) is 3. The van der Waals surface area contributed by atoms with Crippen molar-refractivity contribution >= 4 is 11.5 Å². The molecule has 0 unspecified atom stereocenters. The minimum Gasteiger partial charge on any atom is -0.289 e. The molecule has 0 saturated carbocycles. The standard InChI is InChI=1S/C26H17N3O/c1-15-8-22-23-9-16(2)21(18-12-28-14-29-13-18)11-25(23)26(30)24(22)10-20(15)17-4-6-19(27-3)7-5-17/h4-14H,1-2H3. The number of aryl methyl sites for hydroxylation is 2. The molecule has 0 bridgehead atoms. The van der Waals surface area contributed by atoms with E-state index in [4.69, 9.17) is 6.57 Å². The molecule has 1 aliphatic carbocycles. The minimum atomic E-state index is 0.0390. The Balaban J connectivity index is 1.65. The van der Waals surface area contributed by atoms with Gasteiger partial charge in [-0.25, -0.2) is 14.8 Å². The highest BCUT2D eigenvalue weighted by Gasteiger charge is 2.29. The Labute approximate surface area is 174 Å². The van der Waals surface area contributed by atoms with Gasteiger partial charge in [-0.1, -0.05) is 36.4 Å². The molecule has 0 amide bonds. The summed E-state index contributed by atoms with van der Waals surface area (Å²) in [5.41, 5.74) is 10.1. The van der Waals surface area contributed by atoms with Crippen molar-refractivity contribution in [2.45, 2.75) is 13.8 Å². The van der Waals surface area contributed by atoms with Gasteiger partial charge in [0.25, 0.3) is 0 Å². The van der Waals surface area contributed by atoms with Crippen LogP contribution in [-0.4, -0.2) is 15.8 Å². The third-order valence-corrected chi connectivity index (χ3v) is 5.69. The van der Waals surface area contributed by atoms with Crippen LogP contribution in [-0.2, 0) is 0 Å². The van der Waals surface area contributed by atoms with Gasteiger partial charge < -0.3 is 0 Å². The molecular weight excluding hydrogens is 370 g/mol. The molecule has 4 nitrogen and oxygen atoms in total. The van der Waals surface area contributed by atoms with Gasteiger partial charge in [0.1, 0.15) is 6.33 Å². The Kier molecular flexibility index (Phi) is 4.04. The quantitative estimate of drug-likeness (QED) is 0.339. The molecule has 1 heterocycles. The fourth-order valence-corrected chi connectivity index (χ4v) is 4.16. The first-order valence-corrected chi connectivity index (χ1v) is 9.64. The highest BCUT2D eigenvalue weighted by molar-refractivity contribution is 6.23. The summed E-state index contributed by atoms with van der Waals surface area (Å²) in [6.07, 6.45) is 5.04. The van der Waals surface area contributed by atoms with E-state index in [1.165, 1.54) is 6.33 Å². The summed E-state index contributed by atoms with van der Waals surface area (Å²) in [5.74, 6) is 0.0390. The predicted octanol–water partition coefficient (Wildman–Crippen LogP) is 6.19. The van der Waals surface area contributed by atoms with E-state index in [0.29, 0.717) is 11.3 Å². The molecule has 142 valence electrons. The number of hydrogen-bond acceptors (Lipinski definition) is 3. The van der Waals surface area contributed by atoms with Crippen molar-refractivity contribution in [3.8, 4) is 33.4 Å². The highest BCUT2D eigenvalue weighted by atomic mass is 16.1. The summed E-state index contributed by atoms with van der Waals surface area (Å²) >= 11 is 0. The first-order valence-electron chi connectivity index (χ1n) is 9.64. The fraction of sp³-hybridized carbons (Fsp3) is 0.0769. The summed E-state index contributed by atoms with van der Waals surface area (Å²) in [6, 6.07) is 15.6. The van der Waals surface area contributed by atoms with Crippen molar-refractivity contribution in [3.63, 3.8) is 0 Å². The first-order chi connectivity index (χ1) is 14.6. The zero-order valence-corrected chi connectivity index (χ0v) is 16.6. The molecule has 0 aliphatic heterocycles. The monoisotopic (exact) mass is 387 g/mol. The Bertz CT molecular complexity index is 1360. The molecule has 4 heteroatoms. The molecule has 1 aliphatic rings. The van der Waals surface area contributed by atoms with Gasteiger partial charge in [0, 0.05) is 29.1 Å². The number of carbonyl (C=O) groups excluding carboxylic acids is 1. The largest absolute Gasteiger partial charge is 0.289 e. The van der Waals surface area contributed by atoms with E-state index in [1.54, 1.807) is 12.4 Å². The first kappa shape index (κ1) is 18.0. The van der Waals surface area contributed by atoms with E-state index >= 15 is 0 Å². The Morgan fingerprint density at radius 3 is 1.77 bits per heavy atom. The van der Waals surface area contributed by atoms with Gasteiger partial charge in [-0.3, -0.25) is 4.79 Å². The van der Waals surface area contributed by atoms with E-state index < -0.39 is 0 Å². The number of rotatable bonds is 2. The number of carbonyl (C=O) groups is 1. The summed E-state index contributed by atoms with van der Waals surface area (Å²) < 4.78 is 0. The zero-order valence-electron chi connectivity index (χ0n) is 16.6. The molecule has 3 aromatic carbocycles. The lowest BCUT2D eigenvalue weighted by molar-refractivity contribution is 0.104. The number of ketones is 1. The van der Waals surface area contributed by atoms with Crippen molar-refractivity contribution in [1.29, 1.82) is 0 Å². The van der Waals surface area contributed by atoms with Crippen LogP contribution in [0.3, 0.4) is 0 Å². The Morgan fingerprint density at radius 2 is 1.23 bits per heavy atom. The van der Waals surface area contributed by atoms with Gasteiger partial charge in [0.15, 0.2) is 11.5 Å². The van der Waals surface area contributed by atoms with Crippen LogP contribution in [0.4, 0.5) is 5.69 Å². The van der Waals surface area contributed by atoms with Gasteiger partial charge in [-0.15, -0.1) is 0 Å². The molecule has 0 atom stereocenters. The van der Waals surface area contributed by atoms with E-state index in [1.807, 2.05) is 43.3 Å². The molecule has 0 saturated heterocycles. The van der Waals surface area contributed by atoms with E-state index in [9.17, 15) is 4.79 Å². The lowest BCUT2D eigenvalue weighted by Crippen LogP contribution is -1.97. The molecule has 0 fully saturated rings. The van der Waals surface area contributed by atoms with Crippen molar-refractivity contribution in [1.82, 2.24) is 9.97 Å². The van der Waals surface area contributed by atoms with Gasteiger partial charge in [0.05, 0.1) is 6.57 Å². The second kappa shape index (κ2) is 6.75. The Hall–Kier alpha value is -4.10. The fourth-order valence-electron chi connectivity index (χ4n) is 4.16. The summed E-state index contributed by atoms with van der Waals surface area (Å²) in [4.78, 5) is 25.0. The van der Waals surface area contributed by atoms with Crippen molar-refractivity contribution in [2.24, 2.45) is 0 Å². The second-order valence-corrected chi connectivity index (χ2v) is 7.54. The van der Waals surface area contributed by atoms with Crippen molar-refractivity contribution in [2.75, 3.05) is 0 Å². The van der Waals surface area contributed by atoms with E-state index in [-0.39, 0.29) is 5.78 Å². The summed E-state index contributed by atoms with van der Waals surface area (Å²) in [5, 5.41) is 0. The predicted molar refractivity (Wildman–Crippen MR) is 118 cm³/mol. The maximum Gasteiger partial charge on any atom is 0.194 e. The molecule has 5 rings (SSSR count). The van der Waals surface area contributed by atoms with Crippen LogP contribution in [0.25, 0.3) is 38.2 Å². The molecule has 0 spiro atoms. The molecular formula is C26H17N3O. The maximum atomic E-state index is 13.3. The molecule has 0 N–H and O–H groups in total. The van der Waals surface area contributed by atoms with Gasteiger partial charge in [-0.2, -0.15) is 0 Å². The Morgan fingerprint density at radius 1 is 0.700 bits per heavy atom. The van der Waals surface area contributed by atoms with Crippen molar-refractivity contribution in [3.05, 3.63) is 101 Å². The lowest BCUT2D eigenvalue weighted by Gasteiger charge is -2.11. The smallest absolute Gasteiger partial charge is 0.194 e. The highest BCUT2D eigenvalue weighted by Crippen LogP contribution is 2.42. The van der Waals surface area contributed by atoms with Crippen LogP contribution in [0, 0.1) is 20.4 Å². The third-order valence-electron chi connectivity index (χ3n) is 5.69. The van der Waals surface area contributed by atoms with Gasteiger partial charge in [-0.05, 0) is 64.9 Å². The average molecular weight is 387 g/mol. The summed E-state index contributed by atoms with van der Waals surface area (Å²) in [7, 11) is 0. The van der Waals surface area contributed by atoms with Crippen LogP contribution in [0.2, 0.25) is 0 Å². The van der Waals surface area contributed by atoms with Crippen LogP contribution in [0.15, 0.2) is 67.3 Å². The number of benzene rings is 3. The van der Waals surface area contributed by atoms with Gasteiger partial charge in [0.2, 0.25) is 0 Å². The van der Waals surface area contributed by atoms with Crippen molar-refractivity contribution < 1.29 is 4.79 Å². The van der Waals surface area contributed by atoms with Crippen LogP contribution >= 0.6 is 0 Å². The van der Waals surface area contributed by atoms with E-state index in [2.05, 4.69) is 33.9 Å². The third kappa shape index (κ3) is 2.72. The van der Waals surface area contributed by atoms with Crippen LogP contribution in [0.1, 0.15) is 27.0 Å². The maximum absolute atomic E-state index is 13.3. The normalized spacial score (nSPS) is 11.7. The summed E-state index contributed by atoms with van der Waals surface area (Å²) in [6.45, 7) is 11.2.